The molecule has 0 spiro atoms. The van der Waals surface area contributed by atoms with E-state index in [1.165, 1.54) is 11.3 Å². The van der Waals surface area contributed by atoms with Crippen LogP contribution >= 0.6 is 11.3 Å². The maximum absolute atomic E-state index is 12.4. The van der Waals surface area contributed by atoms with E-state index >= 15 is 0 Å². The maximum Gasteiger partial charge on any atom is 0.262 e. The van der Waals surface area contributed by atoms with Crippen LogP contribution in [0.1, 0.15) is 15.2 Å². The summed E-state index contributed by atoms with van der Waals surface area (Å²) in [5.74, 6) is 1.38. The number of anilines is 1. The first-order valence-electron chi connectivity index (χ1n) is 8.81. The number of Topliss-reactive ketones (excluding diaryl/α,β-unsaturated/α-hetero) is 1. The van der Waals surface area contributed by atoms with Gasteiger partial charge < -0.3 is 19.5 Å². The molecule has 0 unspecified atom stereocenters. The summed E-state index contributed by atoms with van der Waals surface area (Å²) >= 11 is 1.52. The normalized spacial score (nSPS) is 13.7. The third-order valence-corrected chi connectivity index (χ3v) is 5.02. The van der Waals surface area contributed by atoms with Crippen molar-refractivity contribution < 1.29 is 23.8 Å². The number of rotatable bonds is 6. The molecule has 2 aromatic carbocycles. The standard InChI is InChI=1S/C22H17NO5S/c1-26-15-6-4-14(5-7-15)23-21(24)13-27-16-8-9-18-19(11-16)28-20(22(18)25)12-17-3-2-10-29-17/h2-12H,13H2,1H3,(H,23,24). The molecule has 0 bridgehead atoms. The lowest BCUT2D eigenvalue weighted by Gasteiger charge is -2.09. The van der Waals surface area contributed by atoms with Crippen LogP contribution in [0.15, 0.2) is 65.7 Å². The molecule has 7 heteroatoms. The monoisotopic (exact) mass is 407 g/mol. The van der Waals surface area contributed by atoms with Crippen LogP contribution in [0.25, 0.3) is 6.08 Å². The topological polar surface area (TPSA) is 73.9 Å². The van der Waals surface area contributed by atoms with Crippen molar-refractivity contribution in [2.45, 2.75) is 0 Å². The number of ether oxygens (including phenoxy) is 3. The zero-order valence-corrected chi connectivity index (χ0v) is 16.3. The van der Waals surface area contributed by atoms with Crippen molar-refractivity contribution >= 4 is 34.8 Å². The van der Waals surface area contributed by atoms with E-state index in [-0.39, 0.29) is 24.1 Å². The molecule has 146 valence electrons. The van der Waals surface area contributed by atoms with Gasteiger partial charge in [0.2, 0.25) is 5.78 Å². The smallest absolute Gasteiger partial charge is 0.262 e. The molecule has 0 saturated heterocycles. The van der Waals surface area contributed by atoms with Gasteiger partial charge in [-0.1, -0.05) is 6.07 Å². The fraction of sp³-hybridized carbons (Fsp3) is 0.0909. The first-order chi connectivity index (χ1) is 14.1. The van der Waals surface area contributed by atoms with E-state index in [0.29, 0.717) is 28.5 Å². The van der Waals surface area contributed by atoms with E-state index in [1.54, 1.807) is 55.7 Å². The van der Waals surface area contributed by atoms with Gasteiger partial charge in [-0.15, -0.1) is 11.3 Å². The fourth-order valence-corrected chi connectivity index (χ4v) is 3.43. The average molecular weight is 407 g/mol. The van der Waals surface area contributed by atoms with Gasteiger partial charge in [-0.25, -0.2) is 0 Å². The number of allylic oxidation sites excluding steroid dienone is 1. The van der Waals surface area contributed by atoms with Crippen LogP contribution in [0, 0.1) is 0 Å². The Labute approximate surface area is 171 Å². The zero-order valence-electron chi connectivity index (χ0n) is 15.5. The third kappa shape index (κ3) is 4.30. The Hall–Kier alpha value is -3.58. The van der Waals surface area contributed by atoms with Crippen molar-refractivity contribution in [2.24, 2.45) is 0 Å². The van der Waals surface area contributed by atoms with E-state index in [4.69, 9.17) is 14.2 Å². The number of hydrogen-bond donors (Lipinski definition) is 1. The largest absolute Gasteiger partial charge is 0.497 e. The van der Waals surface area contributed by atoms with Gasteiger partial charge in [0.1, 0.15) is 17.2 Å². The minimum atomic E-state index is -0.300. The number of methoxy groups -OCH3 is 1. The van der Waals surface area contributed by atoms with Crippen molar-refractivity contribution in [3.63, 3.8) is 0 Å². The molecule has 0 saturated carbocycles. The van der Waals surface area contributed by atoms with Gasteiger partial charge in [-0.3, -0.25) is 9.59 Å². The van der Waals surface area contributed by atoms with Gasteiger partial charge in [-0.05, 0) is 47.8 Å². The number of ketones is 1. The molecule has 0 fully saturated rings. The summed E-state index contributed by atoms with van der Waals surface area (Å²) in [4.78, 5) is 25.5. The summed E-state index contributed by atoms with van der Waals surface area (Å²) in [6.07, 6.45) is 1.72. The minimum absolute atomic E-state index is 0.169. The predicted octanol–water partition coefficient (Wildman–Crippen LogP) is 4.39. The molecule has 1 amide bonds. The number of fused-ring (bicyclic) bond motifs is 1. The maximum atomic E-state index is 12.4. The van der Waals surface area contributed by atoms with Crippen molar-refractivity contribution in [2.75, 3.05) is 19.0 Å². The van der Waals surface area contributed by atoms with Crippen LogP contribution in [0.3, 0.4) is 0 Å². The number of nitrogens with one attached hydrogen (secondary N) is 1. The Morgan fingerprint density at radius 1 is 1.14 bits per heavy atom. The molecule has 4 rings (SSSR count). The van der Waals surface area contributed by atoms with Gasteiger partial charge in [-0.2, -0.15) is 0 Å². The number of benzene rings is 2. The molecule has 6 nitrogen and oxygen atoms in total. The molecule has 3 aromatic rings. The Balaban J connectivity index is 1.38. The molecule has 29 heavy (non-hydrogen) atoms. The summed E-state index contributed by atoms with van der Waals surface area (Å²) in [6.45, 7) is -0.170. The second-order valence-electron chi connectivity index (χ2n) is 6.18. The van der Waals surface area contributed by atoms with Gasteiger partial charge in [0, 0.05) is 22.7 Å². The summed E-state index contributed by atoms with van der Waals surface area (Å²) in [5.41, 5.74) is 1.12. The van der Waals surface area contributed by atoms with Crippen LogP contribution in [-0.2, 0) is 4.79 Å². The molecule has 0 aliphatic carbocycles. The highest BCUT2D eigenvalue weighted by atomic mass is 32.1. The van der Waals surface area contributed by atoms with Gasteiger partial charge >= 0.3 is 0 Å². The molecule has 1 N–H and O–H groups in total. The number of thiophene rings is 1. The number of amides is 1. The lowest BCUT2D eigenvalue weighted by atomic mass is 10.1. The summed E-state index contributed by atoms with van der Waals surface area (Å²) in [6, 6.07) is 15.7. The quantitative estimate of drug-likeness (QED) is 0.614. The Bertz CT molecular complexity index is 1070. The lowest BCUT2D eigenvalue weighted by Crippen LogP contribution is -2.20. The second-order valence-corrected chi connectivity index (χ2v) is 7.16. The molecule has 1 aliphatic rings. The Morgan fingerprint density at radius 2 is 1.93 bits per heavy atom. The number of hydrogen-bond acceptors (Lipinski definition) is 6. The number of carbonyl (C=O) groups is 2. The highest BCUT2D eigenvalue weighted by molar-refractivity contribution is 7.10. The van der Waals surface area contributed by atoms with Crippen molar-refractivity contribution in [1.29, 1.82) is 0 Å². The number of carbonyl (C=O) groups excluding carboxylic acids is 2. The Morgan fingerprint density at radius 3 is 2.66 bits per heavy atom. The highest BCUT2D eigenvalue weighted by Gasteiger charge is 2.27. The van der Waals surface area contributed by atoms with E-state index < -0.39 is 0 Å². The third-order valence-electron chi connectivity index (χ3n) is 4.20. The highest BCUT2D eigenvalue weighted by Crippen LogP contribution is 2.35. The molecule has 1 aliphatic heterocycles. The van der Waals surface area contributed by atoms with Crippen molar-refractivity contribution in [1.82, 2.24) is 0 Å². The van der Waals surface area contributed by atoms with Crippen LogP contribution in [0.2, 0.25) is 0 Å². The minimum Gasteiger partial charge on any atom is -0.497 e. The molecule has 1 aromatic heterocycles. The van der Waals surface area contributed by atoms with Crippen LogP contribution in [0.5, 0.6) is 17.2 Å². The average Bonchev–Trinajstić information content (AvgIpc) is 3.35. The van der Waals surface area contributed by atoms with Crippen LogP contribution < -0.4 is 19.5 Å². The zero-order chi connectivity index (χ0) is 20.2. The first kappa shape index (κ1) is 18.8. The fourth-order valence-electron chi connectivity index (χ4n) is 2.78. The van der Waals surface area contributed by atoms with E-state index in [0.717, 1.165) is 4.88 Å². The van der Waals surface area contributed by atoms with Crippen LogP contribution in [0.4, 0.5) is 5.69 Å². The molecule has 0 radical (unpaired) electrons. The second kappa shape index (κ2) is 8.20. The SMILES string of the molecule is COc1ccc(NC(=O)COc2ccc3c(c2)OC(=Cc2cccs2)C3=O)cc1. The summed E-state index contributed by atoms with van der Waals surface area (Å²) in [5, 5.41) is 4.67. The van der Waals surface area contributed by atoms with E-state index in [1.807, 2.05) is 17.5 Å². The molecule has 2 heterocycles. The van der Waals surface area contributed by atoms with Crippen molar-refractivity contribution in [3.8, 4) is 17.2 Å². The predicted molar refractivity (Wildman–Crippen MR) is 111 cm³/mol. The van der Waals surface area contributed by atoms with Gasteiger partial charge in [0.05, 0.1) is 12.7 Å². The first-order valence-corrected chi connectivity index (χ1v) is 9.69. The van der Waals surface area contributed by atoms with Crippen molar-refractivity contribution in [3.05, 3.63) is 76.2 Å². The van der Waals surface area contributed by atoms with Crippen LogP contribution in [-0.4, -0.2) is 25.4 Å². The molecular formula is C22H17NO5S. The lowest BCUT2D eigenvalue weighted by molar-refractivity contribution is -0.118. The van der Waals surface area contributed by atoms with Gasteiger partial charge in [0.25, 0.3) is 5.91 Å². The summed E-state index contributed by atoms with van der Waals surface area (Å²) < 4.78 is 16.3. The van der Waals surface area contributed by atoms with E-state index in [9.17, 15) is 9.59 Å². The van der Waals surface area contributed by atoms with E-state index in [2.05, 4.69) is 5.32 Å². The van der Waals surface area contributed by atoms with Gasteiger partial charge in [0.15, 0.2) is 12.4 Å². The summed E-state index contributed by atoms with van der Waals surface area (Å²) in [7, 11) is 1.58. The molecular weight excluding hydrogens is 390 g/mol. The Kier molecular flexibility index (Phi) is 5.31. The molecule has 0 atom stereocenters.